The summed E-state index contributed by atoms with van der Waals surface area (Å²) in [5, 5.41) is 18.6. The van der Waals surface area contributed by atoms with Crippen molar-refractivity contribution in [3.05, 3.63) is 34.9 Å². The van der Waals surface area contributed by atoms with Gasteiger partial charge in [0.1, 0.15) is 0 Å². The lowest BCUT2D eigenvalue weighted by atomic mass is 9.93. The number of aliphatic carboxylic acids is 1. The number of hydrogen-bond acceptors (Lipinski definition) is 6. The number of carboxylic acids is 1. The van der Waals surface area contributed by atoms with Crippen LogP contribution in [-0.4, -0.2) is 66.5 Å². The topological polar surface area (TPSA) is 123 Å². The predicted molar refractivity (Wildman–Crippen MR) is 126 cm³/mol. The van der Waals surface area contributed by atoms with Gasteiger partial charge in [0.2, 0.25) is 11.8 Å². The first-order valence-corrected chi connectivity index (χ1v) is 11.7. The molecule has 0 radical (unpaired) electrons. The number of aryl methyl sites for hydroxylation is 2. The summed E-state index contributed by atoms with van der Waals surface area (Å²) in [7, 11) is 0. The quantitative estimate of drug-likeness (QED) is 0.417. The molecule has 0 spiro atoms. The second-order valence-electron chi connectivity index (χ2n) is 8.92. The van der Waals surface area contributed by atoms with Crippen molar-refractivity contribution in [1.82, 2.24) is 20.9 Å². The zero-order valence-corrected chi connectivity index (χ0v) is 19.5. The molecule has 4 N–H and O–H groups in total. The number of benzene rings is 1. The second kappa shape index (κ2) is 11.7. The number of carbonyl (C=O) groups excluding carboxylic acids is 2. The van der Waals surface area contributed by atoms with Crippen molar-refractivity contribution in [3.8, 4) is 0 Å². The molecule has 0 saturated carbocycles. The number of carboxylic acid groups (broad SMARTS) is 1. The van der Waals surface area contributed by atoms with Crippen molar-refractivity contribution in [3.63, 3.8) is 0 Å². The second-order valence-corrected chi connectivity index (χ2v) is 8.92. The van der Waals surface area contributed by atoms with Crippen LogP contribution in [0.4, 0.5) is 0 Å². The summed E-state index contributed by atoms with van der Waals surface area (Å²) < 4.78 is 0. The summed E-state index contributed by atoms with van der Waals surface area (Å²) in [4.78, 5) is 42.9. The number of aliphatic imine (C=N–C) groups is 1. The fourth-order valence-corrected chi connectivity index (χ4v) is 4.44. The molecule has 9 nitrogen and oxygen atoms in total. The number of carbonyl (C=O) groups is 3. The first kappa shape index (κ1) is 24.5. The van der Waals surface area contributed by atoms with Crippen LogP contribution in [0.5, 0.6) is 0 Å². The molecule has 3 rings (SSSR count). The average molecular weight is 458 g/mol. The van der Waals surface area contributed by atoms with Gasteiger partial charge in [0.05, 0.1) is 19.0 Å². The van der Waals surface area contributed by atoms with Crippen LogP contribution in [-0.2, 0) is 14.4 Å². The van der Waals surface area contributed by atoms with Gasteiger partial charge in [-0.1, -0.05) is 29.3 Å². The molecule has 0 aromatic heterocycles. The fraction of sp³-hybridized carbons (Fsp3) is 0.583. The van der Waals surface area contributed by atoms with Crippen LogP contribution in [0.15, 0.2) is 23.2 Å². The van der Waals surface area contributed by atoms with E-state index in [1.54, 1.807) is 0 Å². The van der Waals surface area contributed by atoms with E-state index < -0.39 is 12.0 Å². The summed E-state index contributed by atoms with van der Waals surface area (Å²) in [6, 6.07) is 5.30. The first-order valence-electron chi connectivity index (χ1n) is 11.7. The third-order valence-electron chi connectivity index (χ3n) is 6.09. The molecule has 9 heteroatoms. The number of rotatable bonds is 9. The highest BCUT2D eigenvalue weighted by Crippen LogP contribution is 2.23. The standard InChI is InChI=1S/C24H35N5O4/c1-16-12-17(2)14-19(13-16)20(15-22(31)32)28-23(33)18-5-10-29(11-6-18)21(30)4-3-7-25-24-26-8-9-27-24/h12-14,18,20H,3-11,15H2,1-2H3,(H,28,33)(H,31,32)(H2,25,26,27). The molecule has 1 aromatic carbocycles. The zero-order valence-electron chi connectivity index (χ0n) is 19.5. The van der Waals surface area contributed by atoms with E-state index in [9.17, 15) is 19.5 Å². The molecular weight excluding hydrogens is 422 g/mol. The maximum absolute atomic E-state index is 12.9. The van der Waals surface area contributed by atoms with Gasteiger partial charge in [-0.05, 0) is 38.7 Å². The van der Waals surface area contributed by atoms with E-state index in [2.05, 4.69) is 20.9 Å². The van der Waals surface area contributed by atoms with E-state index in [4.69, 9.17) is 0 Å². The average Bonchev–Trinajstić information content (AvgIpc) is 3.29. The molecule has 0 aliphatic carbocycles. The Hall–Kier alpha value is -3.10. The predicted octanol–water partition coefficient (Wildman–Crippen LogP) is 1.50. The van der Waals surface area contributed by atoms with Crippen LogP contribution in [0.2, 0.25) is 0 Å². The Morgan fingerprint density at radius 3 is 2.48 bits per heavy atom. The number of guanidine groups is 1. The van der Waals surface area contributed by atoms with Crippen LogP contribution < -0.4 is 16.0 Å². The Balaban J connectivity index is 1.45. The van der Waals surface area contributed by atoms with Crippen molar-refractivity contribution in [2.45, 2.75) is 52.0 Å². The summed E-state index contributed by atoms with van der Waals surface area (Å²) in [6.07, 6.45) is 2.20. The van der Waals surface area contributed by atoms with Crippen LogP contribution in [0, 0.1) is 19.8 Å². The van der Waals surface area contributed by atoms with Crippen LogP contribution in [0.3, 0.4) is 0 Å². The van der Waals surface area contributed by atoms with E-state index in [1.165, 1.54) is 0 Å². The van der Waals surface area contributed by atoms with Crippen molar-refractivity contribution < 1.29 is 19.5 Å². The Bertz CT molecular complexity index is 873. The highest BCUT2D eigenvalue weighted by molar-refractivity contribution is 5.82. The van der Waals surface area contributed by atoms with Gasteiger partial charge in [-0.25, -0.2) is 0 Å². The van der Waals surface area contributed by atoms with E-state index >= 15 is 0 Å². The third-order valence-corrected chi connectivity index (χ3v) is 6.09. The minimum absolute atomic E-state index is 0.107. The molecule has 2 heterocycles. The van der Waals surface area contributed by atoms with E-state index in [0.717, 1.165) is 42.2 Å². The highest BCUT2D eigenvalue weighted by Gasteiger charge is 2.29. The van der Waals surface area contributed by atoms with Crippen molar-refractivity contribution in [1.29, 1.82) is 0 Å². The molecule has 180 valence electrons. The van der Waals surface area contributed by atoms with Gasteiger partial charge in [-0.2, -0.15) is 0 Å². The monoisotopic (exact) mass is 457 g/mol. The normalized spacial score (nSPS) is 17.2. The summed E-state index contributed by atoms with van der Waals surface area (Å²) in [5.41, 5.74) is 2.87. The van der Waals surface area contributed by atoms with Gasteiger partial charge < -0.3 is 26.0 Å². The van der Waals surface area contributed by atoms with E-state index in [1.807, 2.05) is 36.9 Å². The zero-order chi connectivity index (χ0) is 23.8. The molecule has 2 amide bonds. The number of hydrogen-bond donors (Lipinski definition) is 4. The van der Waals surface area contributed by atoms with Gasteiger partial charge in [0, 0.05) is 38.5 Å². The molecule has 1 fully saturated rings. The third kappa shape index (κ3) is 7.47. The molecule has 1 aromatic rings. The lowest BCUT2D eigenvalue weighted by Gasteiger charge is -2.32. The molecule has 1 saturated heterocycles. The van der Waals surface area contributed by atoms with Gasteiger partial charge >= 0.3 is 5.97 Å². The van der Waals surface area contributed by atoms with Crippen LogP contribution in [0.25, 0.3) is 0 Å². The van der Waals surface area contributed by atoms with Gasteiger partial charge in [-0.15, -0.1) is 0 Å². The summed E-state index contributed by atoms with van der Waals surface area (Å²) in [5.74, 6) is -0.400. The molecule has 2 aliphatic heterocycles. The van der Waals surface area contributed by atoms with E-state index in [0.29, 0.717) is 38.9 Å². The fourth-order valence-electron chi connectivity index (χ4n) is 4.44. The molecule has 33 heavy (non-hydrogen) atoms. The minimum Gasteiger partial charge on any atom is -0.481 e. The Labute approximate surface area is 195 Å². The molecular formula is C24H35N5O4. The largest absolute Gasteiger partial charge is 0.481 e. The van der Waals surface area contributed by atoms with Crippen LogP contribution in [0.1, 0.15) is 54.8 Å². The van der Waals surface area contributed by atoms with E-state index in [-0.39, 0.29) is 24.2 Å². The SMILES string of the molecule is Cc1cc(C)cc(C(CC(=O)O)NC(=O)C2CCN(C(=O)CCCNC3=NCCN3)CC2)c1. The Morgan fingerprint density at radius 1 is 1.18 bits per heavy atom. The van der Waals surface area contributed by atoms with Crippen molar-refractivity contribution in [2.75, 3.05) is 32.7 Å². The summed E-state index contributed by atoms with van der Waals surface area (Å²) >= 11 is 0. The van der Waals surface area contributed by atoms with Crippen molar-refractivity contribution >= 4 is 23.7 Å². The molecule has 0 bridgehead atoms. The maximum Gasteiger partial charge on any atom is 0.305 e. The number of likely N-dealkylation sites (tertiary alicyclic amines) is 1. The van der Waals surface area contributed by atoms with Gasteiger partial charge in [0.15, 0.2) is 5.96 Å². The van der Waals surface area contributed by atoms with Crippen molar-refractivity contribution in [2.24, 2.45) is 10.9 Å². The lowest BCUT2D eigenvalue weighted by molar-refractivity contribution is -0.139. The Kier molecular flexibility index (Phi) is 8.68. The lowest BCUT2D eigenvalue weighted by Crippen LogP contribution is -2.44. The number of nitrogens with one attached hydrogen (secondary N) is 3. The molecule has 1 unspecified atom stereocenters. The van der Waals surface area contributed by atoms with Gasteiger partial charge in [-0.3, -0.25) is 19.4 Å². The number of amides is 2. The smallest absolute Gasteiger partial charge is 0.305 e. The number of nitrogens with zero attached hydrogens (tertiary/aromatic N) is 2. The Morgan fingerprint density at radius 2 is 1.88 bits per heavy atom. The maximum atomic E-state index is 12.9. The van der Waals surface area contributed by atoms with Crippen LogP contribution >= 0.6 is 0 Å². The first-order chi connectivity index (χ1) is 15.8. The molecule has 1 atom stereocenters. The van der Waals surface area contributed by atoms with Gasteiger partial charge in [0.25, 0.3) is 0 Å². The molecule has 2 aliphatic rings. The number of piperidine rings is 1. The summed E-state index contributed by atoms with van der Waals surface area (Å²) in [6.45, 7) is 7.34. The highest BCUT2D eigenvalue weighted by atomic mass is 16.4. The minimum atomic E-state index is -0.954.